The molecule has 9 heteroatoms. The van der Waals surface area contributed by atoms with Crippen LogP contribution < -0.4 is 4.74 Å². The summed E-state index contributed by atoms with van der Waals surface area (Å²) in [6, 6.07) is 4.97. The maximum atomic E-state index is 13.2. The standard InChI is InChI=1S/C20H23F4NO4/c1-19(2,3)29-18(26)25-14-7-13(8-15(25)11-27-10-14)12-5-4-6-16(9-12)28-20(23,24)17(21)22/h4-7,9,14-15,17H,8,10-11H2,1-3H3. The van der Waals surface area contributed by atoms with Gasteiger partial charge in [0.05, 0.1) is 25.3 Å². The van der Waals surface area contributed by atoms with Gasteiger partial charge >= 0.3 is 18.6 Å². The van der Waals surface area contributed by atoms with Crippen molar-refractivity contribution in [2.45, 2.75) is 57.4 Å². The minimum Gasteiger partial charge on any atom is -0.444 e. The van der Waals surface area contributed by atoms with Crippen LogP contribution in [0.5, 0.6) is 5.75 Å². The first-order valence-corrected chi connectivity index (χ1v) is 9.21. The molecule has 0 aromatic heterocycles. The summed E-state index contributed by atoms with van der Waals surface area (Å²) in [5.74, 6) is -0.357. The molecule has 2 aliphatic heterocycles. The highest BCUT2D eigenvalue weighted by Gasteiger charge is 2.44. The van der Waals surface area contributed by atoms with Gasteiger partial charge in [-0.1, -0.05) is 18.2 Å². The van der Waals surface area contributed by atoms with E-state index in [1.807, 2.05) is 6.08 Å². The molecule has 3 rings (SSSR count). The molecule has 2 heterocycles. The second-order valence-electron chi connectivity index (χ2n) is 8.03. The molecule has 5 nitrogen and oxygen atoms in total. The van der Waals surface area contributed by atoms with E-state index in [2.05, 4.69) is 4.74 Å². The van der Waals surface area contributed by atoms with Gasteiger partial charge in [-0.15, -0.1) is 0 Å². The monoisotopic (exact) mass is 417 g/mol. The van der Waals surface area contributed by atoms with Gasteiger partial charge in [0.1, 0.15) is 11.4 Å². The molecule has 2 atom stereocenters. The average Bonchev–Trinajstić information content (AvgIpc) is 2.58. The molecule has 2 unspecified atom stereocenters. The number of hydrogen-bond acceptors (Lipinski definition) is 4. The molecule has 0 N–H and O–H groups in total. The summed E-state index contributed by atoms with van der Waals surface area (Å²) in [6.07, 6.45) is -6.73. The lowest BCUT2D eigenvalue weighted by Crippen LogP contribution is -2.57. The van der Waals surface area contributed by atoms with Gasteiger partial charge in [-0.25, -0.2) is 4.79 Å². The molecule has 0 spiro atoms. The lowest BCUT2D eigenvalue weighted by atomic mass is 9.90. The molecule has 0 radical (unpaired) electrons. The van der Waals surface area contributed by atoms with E-state index in [4.69, 9.17) is 9.47 Å². The third-order valence-electron chi connectivity index (χ3n) is 4.52. The molecule has 2 aliphatic rings. The van der Waals surface area contributed by atoms with Crippen LogP contribution in [0.15, 0.2) is 30.3 Å². The summed E-state index contributed by atoms with van der Waals surface area (Å²) in [4.78, 5) is 14.2. The van der Waals surface area contributed by atoms with Gasteiger partial charge in [-0.2, -0.15) is 17.6 Å². The van der Waals surface area contributed by atoms with Crippen LogP contribution in [0.2, 0.25) is 0 Å². The zero-order chi connectivity index (χ0) is 21.4. The zero-order valence-electron chi connectivity index (χ0n) is 16.3. The fourth-order valence-corrected chi connectivity index (χ4v) is 3.37. The van der Waals surface area contributed by atoms with Crippen molar-refractivity contribution in [1.29, 1.82) is 0 Å². The summed E-state index contributed by atoms with van der Waals surface area (Å²) in [7, 11) is 0. The van der Waals surface area contributed by atoms with Gasteiger partial charge in [-0.3, -0.25) is 4.90 Å². The van der Waals surface area contributed by atoms with Crippen LogP contribution in [-0.4, -0.2) is 54.4 Å². The van der Waals surface area contributed by atoms with Crippen LogP contribution in [-0.2, 0) is 9.47 Å². The number of amides is 1. The molecule has 2 bridgehead atoms. The van der Waals surface area contributed by atoms with Crippen LogP contribution in [0, 0.1) is 0 Å². The first-order valence-electron chi connectivity index (χ1n) is 9.21. The molecule has 1 amide bonds. The summed E-state index contributed by atoms with van der Waals surface area (Å²) >= 11 is 0. The predicted octanol–water partition coefficient (Wildman–Crippen LogP) is 4.71. The summed E-state index contributed by atoms with van der Waals surface area (Å²) in [5, 5.41) is 0. The van der Waals surface area contributed by atoms with E-state index < -0.39 is 24.2 Å². The van der Waals surface area contributed by atoms with Gasteiger partial charge in [0.2, 0.25) is 0 Å². The van der Waals surface area contributed by atoms with E-state index in [1.54, 1.807) is 31.7 Å². The van der Waals surface area contributed by atoms with Crippen LogP contribution in [0.1, 0.15) is 32.8 Å². The van der Waals surface area contributed by atoms with Crippen LogP contribution in [0.3, 0.4) is 0 Å². The fraction of sp³-hybridized carbons (Fsp3) is 0.550. The van der Waals surface area contributed by atoms with E-state index in [9.17, 15) is 22.4 Å². The number of morpholine rings is 1. The number of hydrogen-bond donors (Lipinski definition) is 0. The van der Waals surface area contributed by atoms with E-state index in [0.29, 0.717) is 18.6 Å². The number of carbonyl (C=O) groups excluding carboxylic acids is 1. The number of carbonyl (C=O) groups is 1. The van der Waals surface area contributed by atoms with Gasteiger partial charge < -0.3 is 14.2 Å². The van der Waals surface area contributed by atoms with Gasteiger partial charge in [0.25, 0.3) is 0 Å². The quantitative estimate of drug-likeness (QED) is 0.666. The van der Waals surface area contributed by atoms with Gasteiger partial charge in [0, 0.05) is 0 Å². The summed E-state index contributed by atoms with van der Waals surface area (Å²) in [5.41, 5.74) is 0.722. The Hall–Kier alpha value is -2.29. The predicted molar refractivity (Wildman–Crippen MR) is 97.1 cm³/mol. The van der Waals surface area contributed by atoms with E-state index in [-0.39, 0.29) is 24.4 Å². The topological polar surface area (TPSA) is 48.0 Å². The normalized spacial score (nSPS) is 22.3. The Bertz CT molecular complexity index is 791. The highest BCUT2D eigenvalue weighted by atomic mass is 19.3. The Morgan fingerprint density at radius 3 is 2.59 bits per heavy atom. The summed E-state index contributed by atoms with van der Waals surface area (Å²) < 4.78 is 66.4. The van der Waals surface area contributed by atoms with Crippen LogP contribution in [0.25, 0.3) is 5.57 Å². The zero-order valence-corrected chi connectivity index (χ0v) is 16.3. The molecule has 160 valence electrons. The largest absolute Gasteiger partial charge is 0.461 e. The third-order valence-corrected chi connectivity index (χ3v) is 4.52. The second-order valence-corrected chi connectivity index (χ2v) is 8.03. The molecule has 29 heavy (non-hydrogen) atoms. The Kier molecular flexibility index (Phi) is 5.80. The number of nitrogens with zero attached hydrogens (tertiary/aromatic N) is 1. The molecule has 1 saturated heterocycles. The van der Waals surface area contributed by atoms with Gasteiger partial charge in [0.15, 0.2) is 0 Å². The number of rotatable bonds is 4. The van der Waals surface area contributed by atoms with E-state index in [0.717, 1.165) is 5.57 Å². The maximum absolute atomic E-state index is 13.2. The van der Waals surface area contributed by atoms with Crippen molar-refractivity contribution >= 4 is 11.7 Å². The Morgan fingerprint density at radius 2 is 1.97 bits per heavy atom. The number of alkyl halides is 4. The number of fused-ring (bicyclic) bond motifs is 2. The van der Waals surface area contributed by atoms with E-state index >= 15 is 0 Å². The van der Waals surface area contributed by atoms with Crippen molar-refractivity contribution in [3.8, 4) is 5.75 Å². The van der Waals surface area contributed by atoms with Crippen molar-refractivity contribution < 1.29 is 36.6 Å². The summed E-state index contributed by atoms with van der Waals surface area (Å²) in [6.45, 7) is 5.93. The first kappa shape index (κ1) is 21.4. The molecular formula is C20H23F4NO4. The Morgan fingerprint density at radius 1 is 1.24 bits per heavy atom. The number of halogens is 4. The molecule has 1 aromatic rings. The Labute approximate surface area is 166 Å². The minimum absolute atomic E-state index is 0.277. The van der Waals surface area contributed by atoms with Crippen molar-refractivity contribution in [3.05, 3.63) is 35.9 Å². The SMILES string of the molecule is CC(C)(C)OC(=O)N1C2C=C(c3cccc(OC(F)(F)C(F)F)c3)CC1COC2. The number of benzene rings is 1. The highest BCUT2D eigenvalue weighted by molar-refractivity contribution is 5.75. The Balaban J connectivity index is 1.82. The van der Waals surface area contributed by atoms with Crippen LogP contribution in [0.4, 0.5) is 22.4 Å². The molecular weight excluding hydrogens is 394 g/mol. The second kappa shape index (κ2) is 7.85. The molecule has 1 fully saturated rings. The molecule has 0 saturated carbocycles. The number of ether oxygens (including phenoxy) is 3. The van der Waals surface area contributed by atoms with Crippen molar-refractivity contribution in [3.63, 3.8) is 0 Å². The smallest absolute Gasteiger partial charge is 0.444 e. The van der Waals surface area contributed by atoms with Gasteiger partial charge in [-0.05, 0) is 50.5 Å². The van der Waals surface area contributed by atoms with Crippen molar-refractivity contribution in [2.75, 3.05) is 13.2 Å². The lowest BCUT2D eigenvalue weighted by molar-refractivity contribution is -0.253. The fourth-order valence-electron chi connectivity index (χ4n) is 3.37. The minimum atomic E-state index is -4.57. The van der Waals surface area contributed by atoms with Crippen molar-refractivity contribution in [2.24, 2.45) is 0 Å². The third kappa shape index (κ3) is 5.01. The molecule has 1 aromatic carbocycles. The lowest BCUT2D eigenvalue weighted by Gasteiger charge is -2.44. The van der Waals surface area contributed by atoms with Crippen molar-refractivity contribution in [1.82, 2.24) is 4.90 Å². The maximum Gasteiger partial charge on any atom is 0.461 e. The molecule has 0 aliphatic carbocycles. The van der Waals surface area contributed by atoms with Crippen LogP contribution >= 0.6 is 0 Å². The first-order chi connectivity index (χ1) is 13.5. The van der Waals surface area contributed by atoms with E-state index in [1.165, 1.54) is 18.2 Å². The average molecular weight is 417 g/mol. The highest BCUT2D eigenvalue weighted by Crippen LogP contribution is 2.35.